The highest BCUT2D eigenvalue weighted by molar-refractivity contribution is 5.40. The second-order valence-electron chi connectivity index (χ2n) is 5.73. The first kappa shape index (κ1) is 12.4. The molecule has 94 valence electrons. The fraction of sp³-hybridized carbons (Fsp3) is 0.600. The Labute approximate surface area is 105 Å². The van der Waals surface area contributed by atoms with E-state index in [0.29, 0.717) is 6.04 Å². The average molecular weight is 232 g/mol. The molecule has 0 aromatic heterocycles. The Bertz CT molecular complexity index is 375. The zero-order chi connectivity index (χ0) is 12.4. The van der Waals surface area contributed by atoms with Gasteiger partial charge in [-0.2, -0.15) is 0 Å². The summed E-state index contributed by atoms with van der Waals surface area (Å²) in [6, 6.07) is 8.94. The van der Waals surface area contributed by atoms with Crippen LogP contribution in [0.4, 0.5) is 5.69 Å². The van der Waals surface area contributed by atoms with Gasteiger partial charge in [-0.05, 0) is 42.9 Å². The van der Waals surface area contributed by atoms with Crippen LogP contribution in [0, 0.1) is 11.8 Å². The third-order valence-corrected chi connectivity index (χ3v) is 4.06. The molecule has 1 fully saturated rings. The minimum atomic E-state index is 0.674. The normalized spacial score (nSPS) is 30.4. The Morgan fingerprint density at radius 2 is 2.06 bits per heavy atom. The van der Waals surface area contributed by atoms with E-state index < -0.39 is 0 Å². The predicted molar refractivity (Wildman–Crippen MR) is 73.7 cm³/mol. The molecule has 2 heteroatoms. The van der Waals surface area contributed by atoms with E-state index in [4.69, 9.17) is 5.73 Å². The fourth-order valence-electron chi connectivity index (χ4n) is 2.97. The third kappa shape index (κ3) is 3.01. The van der Waals surface area contributed by atoms with Gasteiger partial charge in [-0.3, -0.25) is 4.90 Å². The van der Waals surface area contributed by atoms with Crippen molar-refractivity contribution in [1.29, 1.82) is 0 Å². The summed E-state index contributed by atoms with van der Waals surface area (Å²) in [6.07, 6.45) is 1.36. The van der Waals surface area contributed by atoms with Crippen LogP contribution in [0.2, 0.25) is 0 Å². The van der Waals surface area contributed by atoms with Crippen molar-refractivity contribution in [2.45, 2.75) is 39.8 Å². The van der Waals surface area contributed by atoms with Gasteiger partial charge in [-0.25, -0.2) is 0 Å². The topological polar surface area (TPSA) is 29.3 Å². The number of nitrogens with two attached hydrogens (primary N) is 1. The summed E-state index contributed by atoms with van der Waals surface area (Å²) < 4.78 is 0. The fourth-order valence-corrected chi connectivity index (χ4v) is 2.97. The Balaban J connectivity index is 2.07. The lowest BCUT2D eigenvalue weighted by Gasteiger charge is -2.41. The summed E-state index contributed by atoms with van der Waals surface area (Å²) in [5.74, 6) is 1.60. The molecule has 0 bridgehead atoms. The van der Waals surface area contributed by atoms with E-state index in [2.05, 4.69) is 37.8 Å². The van der Waals surface area contributed by atoms with E-state index in [1.54, 1.807) is 0 Å². The Kier molecular flexibility index (Phi) is 3.72. The highest BCUT2D eigenvalue weighted by Crippen LogP contribution is 2.28. The molecule has 2 rings (SSSR count). The smallest absolute Gasteiger partial charge is 0.0317 e. The monoisotopic (exact) mass is 232 g/mol. The maximum Gasteiger partial charge on any atom is 0.0317 e. The van der Waals surface area contributed by atoms with E-state index in [0.717, 1.165) is 24.1 Å². The van der Waals surface area contributed by atoms with Gasteiger partial charge in [0.25, 0.3) is 0 Å². The van der Waals surface area contributed by atoms with Crippen molar-refractivity contribution in [2.24, 2.45) is 11.8 Å². The number of hydrogen-bond donors (Lipinski definition) is 1. The summed E-state index contributed by atoms with van der Waals surface area (Å²) in [4.78, 5) is 2.59. The van der Waals surface area contributed by atoms with Gasteiger partial charge >= 0.3 is 0 Å². The molecule has 3 atom stereocenters. The molecule has 1 saturated heterocycles. The van der Waals surface area contributed by atoms with Crippen LogP contribution in [0.3, 0.4) is 0 Å². The SMILES string of the molecule is CC1CC(C)C(C)N(Cc2cccc(N)c2)C1. The maximum absolute atomic E-state index is 5.83. The molecule has 0 radical (unpaired) electrons. The molecule has 1 aliphatic heterocycles. The number of rotatable bonds is 2. The lowest BCUT2D eigenvalue weighted by Crippen LogP contribution is -2.45. The predicted octanol–water partition coefficient (Wildman–Crippen LogP) is 3.14. The average Bonchev–Trinajstić information content (AvgIpc) is 2.25. The number of benzene rings is 1. The molecule has 17 heavy (non-hydrogen) atoms. The van der Waals surface area contributed by atoms with Gasteiger partial charge in [-0.15, -0.1) is 0 Å². The minimum absolute atomic E-state index is 0.674. The van der Waals surface area contributed by atoms with Crippen molar-refractivity contribution in [3.63, 3.8) is 0 Å². The van der Waals surface area contributed by atoms with Gasteiger partial charge < -0.3 is 5.73 Å². The van der Waals surface area contributed by atoms with Gasteiger partial charge in [0.1, 0.15) is 0 Å². The van der Waals surface area contributed by atoms with Crippen LogP contribution in [0.25, 0.3) is 0 Å². The highest BCUT2D eigenvalue weighted by atomic mass is 15.2. The van der Waals surface area contributed by atoms with Crippen molar-refractivity contribution >= 4 is 5.69 Å². The quantitative estimate of drug-likeness (QED) is 0.794. The van der Waals surface area contributed by atoms with E-state index in [-0.39, 0.29) is 0 Å². The summed E-state index contributed by atoms with van der Waals surface area (Å²) in [6.45, 7) is 9.31. The number of nitrogens with zero attached hydrogens (tertiary/aromatic N) is 1. The molecule has 1 heterocycles. The third-order valence-electron chi connectivity index (χ3n) is 4.06. The summed E-state index contributed by atoms with van der Waals surface area (Å²) in [7, 11) is 0. The lowest BCUT2D eigenvalue weighted by atomic mass is 9.86. The highest BCUT2D eigenvalue weighted by Gasteiger charge is 2.28. The number of anilines is 1. The minimum Gasteiger partial charge on any atom is -0.399 e. The largest absolute Gasteiger partial charge is 0.399 e. The molecule has 0 amide bonds. The molecular formula is C15H24N2. The molecule has 1 aromatic carbocycles. The second kappa shape index (κ2) is 5.09. The van der Waals surface area contributed by atoms with E-state index in [9.17, 15) is 0 Å². The first-order valence-electron chi connectivity index (χ1n) is 6.64. The standard InChI is InChI=1S/C15H24N2/c1-11-7-12(2)13(3)17(9-11)10-14-5-4-6-15(16)8-14/h4-6,8,11-13H,7,9-10,16H2,1-3H3. The van der Waals surface area contributed by atoms with E-state index in [1.807, 2.05) is 12.1 Å². The lowest BCUT2D eigenvalue weighted by molar-refractivity contribution is 0.0730. The number of nitrogen functional groups attached to an aromatic ring is 1. The van der Waals surface area contributed by atoms with Crippen LogP contribution < -0.4 is 5.73 Å². The second-order valence-corrected chi connectivity index (χ2v) is 5.73. The van der Waals surface area contributed by atoms with Gasteiger partial charge in [0, 0.05) is 24.8 Å². The van der Waals surface area contributed by atoms with Crippen molar-refractivity contribution in [1.82, 2.24) is 4.90 Å². The van der Waals surface area contributed by atoms with E-state index >= 15 is 0 Å². The summed E-state index contributed by atoms with van der Waals surface area (Å²) in [5.41, 5.74) is 8.03. The molecular weight excluding hydrogens is 208 g/mol. The van der Waals surface area contributed by atoms with Crippen molar-refractivity contribution in [2.75, 3.05) is 12.3 Å². The number of piperidine rings is 1. The molecule has 3 unspecified atom stereocenters. The zero-order valence-electron chi connectivity index (χ0n) is 11.2. The van der Waals surface area contributed by atoms with Crippen molar-refractivity contribution in [3.8, 4) is 0 Å². The first-order chi connectivity index (χ1) is 8.06. The van der Waals surface area contributed by atoms with Gasteiger partial charge in [0.15, 0.2) is 0 Å². The van der Waals surface area contributed by atoms with Crippen LogP contribution >= 0.6 is 0 Å². The van der Waals surface area contributed by atoms with Crippen LogP contribution in [0.1, 0.15) is 32.8 Å². The van der Waals surface area contributed by atoms with Crippen molar-refractivity contribution in [3.05, 3.63) is 29.8 Å². The molecule has 1 aliphatic rings. The van der Waals surface area contributed by atoms with Crippen LogP contribution in [-0.4, -0.2) is 17.5 Å². The molecule has 0 spiro atoms. The number of hydrogen-bond acceptors (Lipinski definition) is 2. The molecule has 2 nitrogen and oxygen atoms in total. The molecule has 1 aromatic rings. The van der Waals surface area contributed by atoms with Gasteiger partial charge in [-0.1, -0.05) is 26.0 Å². The summed E-state index contributed by atoms with van der Waals surface area (Å²) >= 11 is 0. The van der Waals surface area contributed by atoms with Crippen LogP contribution in [-0.2, 0) is 6.54 Å². The zero-order valence-corrected chi connectivity index (χ0v) is 11.2. The molecule has 0 aliphatic carbocycles. The van der Waals surface area contributed by atoms with Crippen molar-refractivity contribution < 1.29 is 0 Å². The van der Waals surface area contributed by atoms with Crippen LogP contribution in [0.5, 0.6) is 0 Å². The Morgan fingerprint density at radius 1 is 1.29 bits per heavy atom. The molecule has 0 saturated carbocycles. The summed E-state index contributed by atoms with van der Waals surface area (Å²) in [5, 5.41) is 0. The molecule has 2 N–H and O–H groups in total. The van der Waals surface area contributed by atoms with Gasteiger partial charge in [0.2, 0.25) is 0 Å². The number of likely N-dealkylation sites (tertiary alicyclic amines) is 1. The van der Waals surface area contributed by atoms with Crippen LogP contribution in [0.15, 0.2) is 24.3 Å². The Hall–Kier alpha value is -1.02. The first-order valence-corrected chi connectivity index (χ1v) is 6.64. The maximum atomic E-state index is 5.83. The van der Waals surface area contributed by atoms with E-state index in [1.165, 1.54) is 18.5 Å². The van der Waals surface area contributed by atoms with Gasteiger partial charge in [0.05, 0.1) is 0 Å². The Morgan fingerprint density at radius 3 is 2.76 bits per heavy atom.